The standard InChI is InChI=1S/C25H30ClN3O3/c26-21-5-1-3-19(17-21)4-2-13-28-14-10-25(11-15-28)12-16-29(23(25)30)18-20-6-8-22(9-7-20)32-24(27)31/h1,3,5-9,17H,2,4,10-16,18H2,(H2,27,31). The average Bonchev–Trinajstić information content (AvgIpc) is 3.06. The van der Waals surface area contributed by atoms with E-state index in [1.54, 1.807) is 12.1 Å². The molecule has 2 aromatic carbocycles. The van der Waals surface area contributed by atoms with Gasteiger partial charge in [0.1, 0.15) is 5.75 Å². The first-order valence-corrected chi connectivity index (χ1v) is 11.6. The second-order valence-corrected chi connectivity index (χ2v) is 9.33. The van der Waals surface area contributed by atoms with Gasteiger partial charge in [0, 0.05) is 18.1 Å². The molecule has 2 aromatic rings. The van der Waals surface area contributed by atoms with Gasteiger partial charge in [0.2, 0.25) is 5.91 Å². The van der Waals surface area contributed by atoms with Gasteiger partial charge in [-0.25, -0.2) is 4.79 Å². The van der Waals surface area contributed by atoms with Crippen LogP contribution in [0.5, 0.6) is 5.75 Å². The van der Waals surface area contributed by atoms with Crippen molar-refractivity contribution in [3.8, 4) is 5.75 Å². The second kappa shape index (κ2) is 9.92. The summed E-state index contributed by atoms with van der Waals surface area (Å²) in [5, 5.41) is 0.793. The highest BCUT2D eigenvalue weighted by molar-refractivity contribution is 6.30. The summed E-state index contributed by atoms with van der Waals surface area (Å²) in [4.78, 5) is 28.6. The molecular weight excluding hydrogens is 426 g/mol. The van der Waals surface area contributed by atoms with Crippen molar-refractivity contribution in [2.24, 2.45) is 11.1 Å². The van der Waals surface area contributed by atoms with Crippen LogP contribution >= 0.6 is 11.6 Å². The molecule has 0 unspecified atom stereocenters. The maximum atomic E-state index is 13.2. The number of halogens is 1. The van der Waals surface area contributed by atoms with Gasteiger partial charge in [0.15, 0.2) is 0 Å². The van der Waals surface area contributed by atoms with Gasteiger partial charge >= 0.3 is 6.09 Å². The molecule has 0 aliphatic carbocycles. The van der Waals surface area contributed by atoms with E-state index in [4.69, 9.17) is 22.1 Å². The lowest BCUT2D eigenvalue weighted by Crippen LogP contribution is -2.44. The first-order valence-electron chi connectivity index (χ1n) is 11.3. The molecule has 0 saturated carbocycles. The fraction of sp³-hybridized carbons (Fsp3) is 0.440. The van der Waals surface area contributed by atoms with E-state index in [0.717, 1.165) is 68.9 Å². The zero-order valence-electron chi connectivity index (χ0n) is 18.3. The third-order valence-corrected chi connectivity index (χ3v) is 6.99. The van der Waals surface area contributed by atoms with E-state index in [9.17, 15) is 9.59 Å². The maximum absolute atomic E-state index is 13.2. The number of nitrogens with two attached hydrogens (primary N) is 1. The highest BCUT2D eigenvalue weighted by Gasteiger charge is 2.47. The minimum Gasteiger partial charge on any atom is -0.411 e. The van der Waals surface area contributed by atoms with Crippen LogP contribution in [-0.4, -0.2) is 48.0 Å². The van der Waals surface area contributed by atoms with Crippen LogP contribution in [0.2, 0.25) is 5.02 Å². The molecule has 2 amide bonds. The van der Waals surface area contributed by atoms with Crippen molar-refractivity contribution in [1.29, 1.82) is 0 Å². The second-order valence-electron chi connectivity index (χ2n) is 8.90. The molecule has 1 spiro atoms. The highest BCUT2D eigenvalue weighted by Crippen LogP contribution is 2.42. The molecular formula is C25H30ClN3O3. The SMILES string of the molecule is NC(=O)Oc1ccc(CN2CCC3(CCN(CCCc4cccc(Cl)c4)CC3)C2=O)cc1. The molecule has 2 aliphatic rings. The van der Waals surface area contributed by atoms with E-state index in [1.807, 2.05) is 35.2 Å². The van der Waals surface area contributed by atoms with E-state index in [0.29, 0.717) is 12.3 Å². The van der Waals surface area contributed by atoms with Crippen molar-refractivity contribution in [2.45, 2.75) is 38.6 Å². The number of ether oxygens (including phenoxy) is 1. The van der Waals surface area contributed by atoms with E-state index >= 15 is 0 Å². The topological polar surface area (TPSA) is 75.9 Å². The number of rotatable bonds is 7. The Labute approximate surface area is 194 Å². The van der Waals surface area contributed by atoms with E-state index in [-0.39, 0.29) is 11.3 Å². The Balaban J connectivity index is 1.24. The van der Waals surface area contributed by atoms with Crippen LogP contribution in [0.25, 0.3) is 0 Å². The largest absolute Gasteiger partial charge is 0.411 e. The number of hydrogen-bond acceptors (Lipinski definition) is 4. The number of nitrogens with zero attached hydrogens (tertiary/aromatic N) is 2. The lowest BCUT2D eigenvalue weighted by atomic mass is 9.77. The van der Waals surface area contributed by atoms with Gasteiger partial charge < -0.3 is 20.3 Å². The van der Waals surface area contributed by atoms with Crippen LogP contribution in [0.15, 0.2) is 48.5 Å². The van der Waals surface area contributed by atoms with Crippen molar-refractivity contribution in [3.05, 3.63) is 64.7 Å². The molecule has 2 fully saturated rings. The number of carbonyl (C=O) groups is 2. The van der Waals surface area contributed by atoms with Crippen molar-refractivity contribution < 1.29 is 14.3 Å². The third-order valence-electron chi connectivity index (χ3n) is 6.76. The van der Waals surface area contributed by atoms with Crippen LogP contribution in [0.3, 0.4) is 0 Å². The van der Waals surface area contributed by atoms with Gasteiger partial charge in [0.25, 0.3) is 0 Å². The number of aryl methyl sites for hydroxylation is 1. The molecule has 2 heterocycles. The molecule has 0 atom stereocenters. The fourth-order valence-electron chi connectivity index (χ4n) is 4.91. The summed E-state index contributed by atoms with van der Waals surface area (Å²) in [5.41, 5.74) is 7.14. The molecule has 2 aliphatic heterocycles. The minimum atomic E-state index is -0.829. The van der Waals surface area contributed by atoms with E-state index < -0.39 is 6.09 Å². The molecule has 4 rings (SSSR count). The molecule has 0 radical (unpaired) electrons. The van der Waals surface area contributed by atoms with Crippen LogP contribution in [0, 0.1) is 5.41 Å². The number of amides is 2. The predicted octanol–water partition coefficient (Wildman–Crippen LogP) is 4.24. The molecule has 6 nitrogen and oxygen atoms in total. The number of primary amides is 1. The monoisotopic (exact) mass is 455 g/mol. The Bertz CT molecular complexity index is 955. The zero-order valence-corrected chi connectivity index (χ0v) is 19.0. The van der Waals surface area contributed by atoms with E-state index in [1.165, 1.54) is 5.56 Å². The van der Waals surface area contributed by atoms with Gasteiger partial charge in [-0.2, -0.15) is 0 Å². The van der Waals surface area contributed by atoms with Gasteiger partial charge in [-0.15, -0.1) is 0 Å². The summed E-state index contributed by atoms with van der Waals surface area (Å²) in [6.45, 7) is 4.40. The van der Waals surface area contributed by atoms with Gasteiger partial charge in [-0.05, 0) is 87.1 Å². The molecule has 170 valence electrons. The lowest BCUT2D eigenvalue weighted by Gasteiger charge is -2.38. The summed E-state index contributed by atoms with van der Waals surface area (Å²) in [6, 6.07) is 15.2. The quantitative estimate of drug-likeness (QED) is 0.677. The summed E-state index contributed by atoms with van der Waals surface area (Å²) in [7, 11) is 0. The fourth-order valence-corrected chi connectivity index (χ4v) is 5.12. The summed E-state index contributed by atoms with van der Waals surface area (Å²) in [6.07, 6.45) is 4.10. The Kier molecular flexibility index (Phi) is 7.01. The average molecular weight is 456 g/mol. The van der Waals surface area contributed by atoms with Gasteiger partial charge in [0.05, 0.1) is 5.41 Å². The predicted molar refractivity (Wildman–Crippen MR) is 125 cm³/mol. The summed E-state index contributed by atoms with van der Waals surface area (Å²) >= 11 is 6.07. The van der Waals surface area contributed by atoms with Crippen molar-refractivity contribution >= 4 is 23.6 Å². The molecule has 7 heteroatoms. The van der Waals surface area contributed by atoms with Gasteiger partial charge in [-0.3, -0.25) is 4.79 Å². The highest BCUT2D eigenvalue weighted by atomic mass is 35.5. The molecule has 0 aromatic heterocycles. The maximum Gasteiger partial charge on any atom is 0.409 e. The van der Waals surface area contributed by atoms with Crippen LogP contribution in [0.1, 0.15) is 36.8 Å². The van der Waals surface area contributed by atoms with Crippen molar-refractivity contribution in [3.63, 3.8) is 0 Å². The number of carbonyl (C=O) groups excluding carboxylic acids is 2. The van der Waals surface area contributed by atoms with E-state index in [2.05, 4.69) is 11.0 Å². The first kappa shape index (κ1) is 22.6. The Morgan fingerprint density at radius 2 is 1.75 bits per heavy atom. The molecule has 2 N–H and O–H groups in total. The molecule has 0 bridgehead atoms. The zero-order chi connectivity index (χ0) is 22.6. The summed E-state index contributed by atoms with van der Waals surface area (Å²) < 4.78 is 4.87. The summed E-state index contributed by atoms with van der Waals surface area (Å²) in [5.74, 6) is 0.696. The van der Waals surface area contributed by atoms with Crippen LogP contribution in [-0.2, 0) is 17.8 Å². The lowest BCUT2D eigenvalue weighted by molar-refractivity contribution is -0.138. The van der Waals surface area contributed by atoms with Gasteiger partial charge in [-0.1, -0.05) is 35.9 Å². The first-order chi connectivity index (χ1) is 15.4. The smallest absolute Gasteiger partial charge is 0.409 e. The normalized spacial score (nSPS) is 18.3. The number of piperidine rings is 1. The number of benzene rings is 2. The van der Waals surface area contributed by atoms with Crippen LogP contribution in [0.4, 0.5) is 4.79 Å². The number of likely N-dealkylation sites (tertiary alicyclic amines) is 2. The van der Waals surface area contributed by atoms with Crippen molar-refractivity contribution in [1.82, 2.24) is 9.80 Å². The third kappa shape index (κ3) is 5.43. The molecule has 32 heavy (non-hydrogen) atoms. The Morgan fingerprint density at radius 1 is 1.03 bits per heavy atom. The molecule has 2 saturated heterocycles. The van der Waals surface area contributed by atoms with Crippen LogP contribution < -0.4 is 10.5 Å². The van der Waals surface area contributed by atoms with Crippen molar-refractivity contribution in [2.75, 3.05) is 26.2 Å². The Morgan fingerprint density at radius 3 is 2.44 bits per heavy atom. The minimum absolute atomic E-state index is 0.196. The number of hydrogen-bond donors (Lipinski definition) is 1. The Hall–Kier alpha value is -2.57.